The molecular weight excluding hydrogens is 192 g/mol. The van der Waals surface area contributed by atoms with Crippen molar-refractivity contribution in [2.24, 2.45) is 5.92 Å². The predicted molar refractivity (Wildman–Crippen MR) is 64.5 cm³/mol. The fourth-order valence-electron chi connectivity index (χ4n) is 1.08. The summed E-state index contributed by atoms with van der Waals surface area (Å²) in [5.74, 6) is 3.16. The van der Waals surface area contributed by atoms with Crippen LogP contribution in [0.4, 0.5) is 0 Å². The Labute approximate surface area is 92.5 Å². The molecular formula is C11H22N2S. The molecule has 0 spiro atoms. The van der Waals surface area contributed by atoms with Crippen molar-refractivity contribution in [2.45, 2.75) is 39.2 Å². The van der Waals surface area contributed by atoms with Crippen molar-refractivity contribution in [1.29, 1.82) is 5.26 Å². The summed E-state index contributed by atoms with van der Waals surface area (Å²) in [6, 6.07) is 2.31. The Morgan fingerprint density at radius 2 is 2.14 bits per heavy atom. The second-order valence-electron chi connectivity index (χ2n) is 4.27. The van der Waals surface area contributed by atoms with Gasteiger partial charge >= 0.3 is 0 Å². The van der Waals surface area contributed by atoms with Gasteiger partial charge in [0.15, 0.2) is 0 Å². The normalized spacial score (nSPS) is 15.1. The van der Waals surface area contributed by atoms with Gasteiger partial charge in [0.2, 0.25) is 0 Å². The largest absolute Gasteiger partial charge is 0.303 e. The summed E-state index contributed by atoms with van der Waals surface area (Å²) >= 11 is 1.99. The molecule has 0 amide bonds. The minimum atomic E-state index is -0.335. The first-order chi connectivity index (χ1) is 6.54. The number of hydrogen-bond acceptors (Lipinski definition) is 3. The van der Waals surface area contributed by atoms with Crippen molar-refractivity contribution >= 4 is 11.8 Å². The predicted octanol–water partition coefficient (Wildman–Crippen LogP) is 2.66. The Bertz CT molecular complexity index is 186. The van der Waals surface area contributed by atoms with Gasteiger partial charge in [-0.05, 0) is 44.2 Å². The number of nitrogens with one attached hydrogen (secondary N) is 1. The molecule has 1 N–H and O–H groups in total. The highest BCUT2D eigenvalue weighted by atomic mass is 32.2. The van der Waals surface area contributed by atoms with E-state index >= 15 is 0 Å². The van der Waals surface area contributed by atoms with Gasteiger partial charge in [-0.2, -0.15) is 17.0 Å². The van der Waals surface area contributed by atoms with Crippen LogP contribution in [0.1, 0.15) is 33.6 Å². The molecule has 0 aliphatic rings. The summed E-state index contributed by atoms with van der Waals surface area (Å²) in [4.78, 5) is 0. The zero-order valence-electron chi connectivity index (χ0n) is 9.76. The number of nitriles is 1. The molecule has 2 nitrogen and oxygen atoms in total. The Hall–Kier alpha value is -0.200. The molecule has 0 aromatic rings. The molecule has 0 fully saturated rings. The minimum Gasteiger partial charge on any atom is -0.303 e. The number of rotatable bonds is 7. The Morgan fingerprint density at radius 3 is 2.57 bits per heavy atom. The zero-order chi connectivity index (χ0) is 11.0. The van der Waals surface area contributed by atoms with Gasteiger partial charge in [-0.3, -0.25) is 0 Å². The van der Waals surface area contributed by atoms with E-state index in [1.807, 2.05) is 25.7 Å². The van der Waals surface area contributed by atoms with E-state index < -0.39 is 0 Å². The minimum absolute atomic E-state index is 0.335. The molecule has 0 bridgehead atoms. The fourth-order valence-corrected chi connectivity index (χ4v) is 2.07. The molecule has 0 aromatic heterocycles. The second-order valence-corrected chi connectivity index (χ2v) is 5.42. The van der Waals surface area contributed by atoms with Crippen LogP contribution in [0.5, 0.6) is 0 Å². The molecule has 1 unspecified atom stereocenters. The third-order valence-corrected chi connectivity index (χ3v) is 3.69. The summed E-state index contributed by atoms with van der Waals surface area (Å²) in [5, 5.41) is 12.0. The number of thioether (sulfide) groups is 1. The van der Waals surface area contributed by atoms with Gasteiger partial charge in [0.1, 0.15) is 5.54 Å². The molecule has 3 heteroatoms. The Morgan fingerprint density at radius 1 is 1.50 bits per heavy atom. The topological polar surface area (TPSA) is 35.8 Å². The lowest BCUT2D eigenvalue weighted by molar-refractivity contribution is 0.451. The molecule has 0 radical (unpaired) electrons. The maximum absolute atomic E-state index is 8.91. The van der Waals surface area contributed by atoms with Crippen molar-refractivity contribution in [1.82, 2.24) is 5.32 Å². The van der Waals surface area contributed by atoms with Gasteiger partial charge in [0.05, 0.1) is 6.07 Å². The van der Waals surface area contributed by atoms with Gasteiger partial charge in [0, 0.05) is 0 Å². The standard InChI is InChI=1S/C11H22N2S/c1-10(2)8-14-7-5-6-11(3,9-12)13-4/h10,13H,5-8H2,1-4H3. The zero-order valence-corrected chi connectivity index (χ0v) is 10.6. The highest BCUT2D eigenvalue weighted by Crippen LogP contribution is 2.15. The van der Waals surface area contributed by atoms with Crippen molar-refractivity contribution in [3.63, 3.8) is 0 Å². The summed E-state index contributed by atoms with van der Waals surface area (Å²) in [5.41, 5.74) is -0.335. The maximum atomic E-state index is 8.91. The lowest BCUT2D eigenvalue weighted by atomic mass is 9.99. The summed E-state index contributed by atoms with van der Waals surface area (Å²) in [6.45, 7) is 6.43. The molecule has 82 valence electrons. The molecule has 0 aliphatic heterocycles. The monoisotopic (exact) mass is 214 g/mol. The summed E-state index contributed by atoms with van der Waals surface area (Å²) in [6.07, 6.45) is 2.05. The van der Waals surface area contributed by atoms with Gasteiger partial charge in [-0.25, -0.2) is 0 Å². The van der Waals surface area contributed by atoms with Crippen LogP contribution in [0.3, 0.4) is 0 Å². The van der Waals surface area contributed by atoms with Crippen molar-refractivity contribution in [3.8, 4) is 6.07 Å². The second kappa shape index (κ2) is 7.14. The smallest absolute Gasteiger partial charge is 0.103 e. The van der Waals surface area contributed by atoms with E-state index in [1.54, 1.807) is 0 Å². The summed E-state index contributed by atoms with van der Waals surface area (Å²) in [7, 11) is 1.85. The lowest BCUT2D eigenvalue weighted by Gasteiger charge is -2.20. The van der Waals surface area contributed by atoms with Crippen LogP contribution >= 0.6 is 11.8 Å². The third kappa shape index (κ3) is 6.28. The Balaban J connectivity index is 3.49. The van der Waals surface area contributed by atoms with Crippen LogP contribution in [-0.4, -0.2) is 24.1 Å². The first kappa shape index (κ1) is 13.8. The van der Waals surface area contributed by atoms with Crippen LogP contribution < -0.4 is 5.32 Å². The fraction of sp³-hybridized carbons (Fsp3) is 0.909. The van der Waals surface area contributed by atoms with E-state index in [0.717, 1.165) is 24.5 Å². The quantitative estimate of drug-likeness (QED) is 0.662. The first-order valence-electron chi connectivity index (χ1n) is 5.22. The van der Waals surface area contributed by atoms with Crippen LogP contribution in [0.2, 0.25) is 0 Å². The first-order valence-corrected chi connectivity index (χ1v) is 6.37. The molecule has 14 heavy (non-hydrogen) atoms. The molecule has 0 saturated carbocycles. The third-order valence-electron chi connectivity index (χ3n) is 2.22. The van der Waals surface area contributed by atoms with Gasteiger partial charge in [-0.15, -0.1) is 0 Å². The molecule has 0 heterocycles. The molecule has 0 rings (SSSR count). The molecule has 0 aliphatic carbocycles. The molecule has 0 aromatic carbocycles. The van der Waals surface area contributed by atoms with Crippen molar-refractivity contribution in [3.05, 3.63) is 0 Å². The van der Waals surface area contributed by atoms with E-state index in [0.29, 0.717) is 0 Å². The van der Waals surface area contributed by atoms with Gasteiger partial charge in [0.25, 0.3) is 0 Å². The van der Waals surface area contributed by atoms with E-state index in [1.165, 1.54) is 5.75 Å². The molecule has 0 saturated heterocycles. The van der Waals surface area contributed by atoms with Crippen LogP contribution in [0, 0.1) is 17.2 Å². The SMILES string of the molecule is CNC(C)(C#N)CCCSCC(C)C. The van der Waals surface area contributed by atoms with Gasteiger partial charge < -0.3 is 5.32 Å². The number of hydrogen-bond donors (Lipinski definition) is 1. The lowest BCUT2D eigenvalue weighted by Crippen LogP contribution is -2.37. The van der Waals surface area contributed by atoms with E-state index in [9.17, 15) is 0 Å². The van der Waals surface area contributed by atoms with Crippen molar-refractivity contribution in [2.75, 3.05) is 18.6 Å². The van der Waals surface area contributed by atoms with Crippen LogP contribution in [0.15, 0.2) is 0 Å². The average Bonchev–Trinajstić information content (AvgIpc) is 2.16. The average molecular weight is 214 g/mol. The molecule has 1 atom stereocenters. The highest BCUT2D eigenvalue weighted by molar-refractivity contribution is 7.99. The highest BCUT2D eigenvalue weighted by Gasteiger charge is 2.19. The van der Waals surface area contributed by atoms with Gasteiger partial charge in [-0.1, -0.05) is 13.8 Å². The number of nitrogens with zero attached hydrogens (tertiary/aromatic N) is 1. The maximum Gasteiger partial charge on any atom is 0.103 e. The van der Waals surface area contributed by atoms with Crippen molar-refractivity contribution < 1.29 is 0 Å². The van der Waals surface area contributed by atoms with E-state index in [2.05, 4.69) is 25.2 Å². The van der Waals surface area contributed by atoms with Crippen LogP contribution in [-0.2, 0) is 0 Å². The summed E-state index contributed by atoms with van der Waals surface area (Å²) < 4.78 is 0. The Kier molecular flexibility index (Phi) is 7.04. The van der Waals surface area contributed by atoms with Crippen LogP contribution in [0.25, 0.3) is 0 Å². The van der Waals surface area contributed by atoms with E-state index in [4.69, 9.17) is 5.26 Å². The van der Waals surface area contributed by atoms with E-state index in [-0.39, 0.29) is 5.54 Å².